The van der Waals surface area contributed by atoms with Gasteiger partial charge in [0, 0.05) is 11.1 Å². The molecule has 0 aliphatic heterocycles. The number of nitrogens with zero attached hydrogens (tertiary/aromatic N) is 2. The molecule has 0 saturated heterocycles. The minimum Gasteiger partial charge on any atom is -0.459 e. The molecule has 1 N–H and O–H groups in total. The van der Waals surface area contributed by atoms with Gasteiger partial charge in [-0.25, -0.2) is 4.98 Å². The summed E-state index contributed by atoms with van der Waals surface area (Å²) in [6.07, 6.45) is 0. The first kappa shape index (κ1) is 14.8. The number of rotatable bonds is 3. The van der Waals surface area contributed by atoms with Crippen LogP contribution in [-0.2, 0) is 22.7 Å². The van der Waals surface area contributed by atoms with Gasteiger partial charge in [0.1, 0.15) is 22.9 Å². The van der Waals surface area contributed by atoms with Crippen molar-refractivity contribution in [1.82, 2.24) is 9.55 Å². The summed E-state index contributed by atoms with van der Waals surface area (Å²) in [5.74, 6) is -0.383. The highest BCUT2D eigenvalue weighted by Crippen LogP contribution is 2.21. The van der Waals surface area contributed by atoms with Crippen LogP contribution in [0.5, 0.6) is 0 Å². The van der Waals surface area contributed by atoms with Crippen LogP contribution in [0.25, 0.3) is 11.0 Å². The van der Waals surface area contributed by atoms with Crippen molar-refractivity contribution >= 4 is 28.6 Å². The van der Waals surface area contributed by atoms with Crippen molar-refractivity contribution in [3.63, 3.8) is 0 Å². The van der Waals surface area contributed by atoms with E-state index in [1.807, 2.05) is 0 Å². The number of esters is 1. The molecule has 0 spiro atoms. The second-order valence-corrected chi connectivity index (χ2v) is 5.90. The van der Waals surface area contributed by atoms with Crippen LogP contribution in [0.15, 0.2) is 18.2 Å². The van der Waals surface area contributed by atoms with Crippen molar-refractivity contribution in [3.05, 3.63) is 29.0 Å². The summed E-state index contributed by atoms with van der Waals surface area (Å²) in [7, 11) is 0. The zero-order valence-electron chi connectivity index (χ0n) is 11.7. The first-order valence-electron chi connectivity index (χ1n) is 6.27. The first-order valence-corrected chi connectivity index (χ1v) is 6.65. The van der Waals surface area contributed by atoms with Gasteiger partial charge in [0.2, 0.25) is 0 Å². The highest BCUT2D eigenvalue weighted by Gasteiger charge is 2.19. The lowest BCUT2D eigenvalue weighted by Gasteiger charge is -2.20. The van der Waals surface area contributed by atoms with Crippen LogP contribution in [0.1, 0.15) is 26.5 Å². The smallest absolute Gasteiger partial charge is 0.326 e. The number of fused-ring (bicyclic) bond motifs is 1. The Morgan fingerprint density at radius 3 is 2.75 bits per heavy atom. The zero-order chi connectivity index (χ0) is 14.9. The Balaban J connectivity index is 2.37. The minimum atomic E-state index is -0.551. The molecule has 0 aliphatic carbocycles. The Kier molecular flexibility index (Phi) is 4.01. The van der Waals surface area contributed by atoms with E-state index in [0.29, 0.717) is 16.5 Å². The van der Waals surface area contributed by atoms with Gasteiger partial charge < -0.3 is 14.4 Å². The molecule has 2 heterocycles. The standard InChI is InChI=1S/C14H17ClN2O3/c1-14(2,3)20-12(19)7-17-10(8-18)6-9-4-5-11(15)16-13(9)17/h4-6,18H,7-8H2,1-3H3. The maximum Gasteiger partial charge on any atom is 0.326 e. The molecule has 2 aromatic heterocycles. The summed E-state index contributed by atoms with van der Waals surface area (Å²) < 4.78 is 6.91. The molecule has 6 heteroatoms. The number of hydrogen-bond donors (Lipinski definition) is 1. The number of aromatic nitrogens is 2. The van der Waals surface area contributed by atoms with Crippen molar-refractivity contribution in [3.8, 4) is 0 Å². The molecule has 0 aliphatic rings. The summed E-state index contributed by atoms with van der Waals surface area (Å²) in [5.41, 5.74) is 0.609. The lowest BCUT2D eigenvalue weighted by molar-refractivity contribution is -0.155. The van der Waals surface area contributed by atoms with E-state index in [1.54, 1.807) is 43.5 Å². The van der Waals surface area contributed by atoms with Crippen LogP contribution < -0.4 is 0 Å². The highest BCUT2D eigenvalue weighted by molar-refractivity contribution is 6.29. The maximum atomic E-state index is 11.9. The quantitative estimate of drug-likeness (QED) is 0.698. The molecule has 0 amide bonds. The van der Waals surface area contributed by atoms with Crippen LogP contribution >= 0.6 is 11.6 Å². The van der Waals surface area contributed by atoms with E-state index in [2.05, 4.69) is 4.98 Å². The average molecular weight is 297 g/mol. The number of hydrogen-bond acceptors (Lipinski definition) is 4. The normalized spacial score (nSPS) is 11.8. The average Bonchev–Trinajstić information content (AvgIpc) is 2.64. The Morgan fingerprint density at radius 1 is 1.45 bits per heavy atom. The predicted molar refractivity (Wildman–Crippen MR) is 76.5 cm³/mol. The third-order valence-electron chi connectivity index (χ3n) is 2.67. The van der Waals surface area contributed by atoms with Crippen LogP contribution in [0.3, 0.4) is 0 Å². The van der Waals surface area contributed by atoms with E-state index < -0.39 is 5.60 Å². The van der Waals surface area contributed by atoms with Gasteiger partial charge >= 0.3 is 5.97 Å². The molecule has 0 atom stereocenters. The molecule has 20 heavy (non-hydrogen) atoms. The molecule has 0 radical (unpaired) electrons. The van der Waals surface area contributed by atoms with E-state index in [9.17, 15) is 9.90 Å². The Labute approximate surface area is 122 Å². The summed E-state index contributed by atoms with van der Waals surface area (Å²) in [5, 5.41) is 10.6. The SMILES string of the molecule is CC(C)(C)OC(=O)Cn1c(CO)cc2ccc(Cl)nc21. The summed E-state index contributed by atoms with van der Waals surface area (Å²) in [4.78, 5) is 16.1. The molecule has 0 unspecified atom stereocenters. The molecule has 0 fully saturated rings. The number of aliphatic hydroxyl groups excluding tert-OH is 1. The van der Waals surface area contributed by atoms with Crippen LogP contribution in [0.4, 0.5) is 0 Å². The second-order valence-electron chi connectivity index (χ2n) is 5.51. The monoisotopic (exact) mass is 296 g/mol. The van der Waals surface area contributed by atoms with E-state index >= 15 is 0 Å². The van der Waals surface area contributed by atoms with Gasteiger partial charge in [0.25, 0.3) is 0 Å². The van der Waals surface area contributed by atoms with Gasteiger partial charge in [-0.15, -0.1) is 0 Å². The lowest BCUT2D eigenvalue weighted by atomic mass is 10.2. The molecule has 108 valence electrons. The van der Waals surface area contributed by atoms with Crippen molar-refractivity contribution < 1.29 is 14.6 Å². The fourth-order valence-corrected chi connectivity index (χ4v) is 2.11. The number of carbonyl (C=O) groups excluding carboxylic acids is 1. The largest absolute Gasteiger partial charge is 0.459 e. The Morgan fingerprint density at radius 2 is 2.15 bits per heavy atom. The molecule has 0 saturated carbocycles. The number of halogens is 1. The van der Waals surface area contributed by atoms with Crippen LogP contribution in [-0.4, -0.2) is 26.2 Å². The number of aliphatic hydroxyl groups is 1. The molecule has 0 aromatic carbocycles. The topological polar surface area (TPSA) is 64.3 Å². The zero-order valence-corrected chi connectivity index (χ0v) is 12.4. The molecular weight excluding hydrogens is 280 g/mol. The van der Waals surface area contributed by atoms with Gasteiger partial charge in [-0.2, -0.15) is 0 Å². The third kappa shape index (κ3) is 3.29. The third-order valence-corrected chi connectivity index (χ3v) is 2.88. The van der Waals surface area contributed by atoms with Crippen molar-refractivity contribution in [1.29, 1.82) is 0 Å². The van der Waals surface area contributed by atoms with Gasteiger partial charge in [-0.3, -0.25) is 4.79 Å². The van der Waals surface area contributed by atoms with E-state index in [4.69, 9.17) is 16.3 Å². The van der Waals surface area contributed by atoms with Gasteiger partial charge in [-0.05, 0) is 39.0 Å². The number of ether oxygens (including phenoxy) is 1. The first-order chi connectivity index (χ1) is 9.30. The lowest BCUT2D eigenvalue weighted by Crippen LogP contribution is -2.27. The van der Waals surface area contributed by atoms with Crippen molar-refractivity contribution in [2.24, 2.45) is 0 Å². The summed E-state index contributed by atoms with van der Waals surface area (Å²) in [6, 6.07) is 5.25. The second kappa shape index (κ2) is 5.42. The van der Waals surface area contributed by atoms with Crippen LogP contribution in [0, 0.1) is 0 Å². The fraction of sp³-hybridized carbons (Fsp3) is 0.429. The van der Waals surface area contributed by atoms with Gasteiger partial charge in [0.05, 0.1) is 6.61 Å². The van der Waals surface area contributed by atoms with E-state index in [0.717, 1.165) is 5.39 Å². The van der Waals surface area contributed by atoms with Crippen LogP contribution in [0.2, 0.25) is 5.15 Å². The summed E-state index contributed by atoms with van der Waals surface area (Å²) in [6.45, 7) is 5.23. The molecule has 0 bridgehead atoms. The van der Waals surface area contributed by atoms with Crippen molar-refractivity contribution in [2.45, 2.75) is 39.5 Å². The van der Waals surface area contributed by atoms with E-state index in [-0.39, 0.29) is 19.1 Å². The highest BCUT2D eigenvalue weighted by atomic mass is 35.5. The molecule has 2 aromatic rings. The number of carbonyl (C=O) groups is 1. The summed E-state index contributed by atoms with van der Waals surface area (Å²) >= 11 is 5.88. The van der Waals surface area contributed by atoms with Gasteiger partial charge in [0.15, 0.2) is 0 Å². The molecule has 5 nitrogen and oxygen atoms in total. The Hall–Kier alpha value is -1.59. The predicted octanol–water partition coefficient (Wildman–Crippen LogP) is 2.52. The molecule has 2 rings (SSSR count). The fourth-order valence-electron chi connectivity index (χ4n) is 1.97. The van der Waals surface area contributed by atoms with E-state index in [1.165, 1.54) is 0 Å². The number of pyridine rings is 1. The molecular formula is C14H17ClN2O3. The Bertz CT molecular complexity index is 644. The minimum absolute atomic E-state index is 0.00992. The van der Waals surface area contributed by atoms with Gasteiger partial charge in [-0.1, -0.05) is 11.6 Å². The van der Waals surface area contributed by atoms with Crippen molar-refractivity contribution in [2.75, 3.05) is 0 Å². The maximum absolute atomic E-state index is 11.9.